The summed E-state index contributed by atoms with van der Waals surface area (Å²) in [5.41, 5.74) is 2.45. The largest absolute Gasteiger partial charge is 0.465 e. The summed E-state index contributed by atoms with van der Waals surface area (Å²) < 4.78 is 9.28. The summed E-state index contributed by atoms with van der Waals surface area (Å²) in [7, 11) is 2.58. The summed E-state index contributed by atoms with van der Waals surface area (Å²) in [6.07, 6.45) is 2.62. The molecule has 0 atom stereocenters. The lowest BCUT2D eigenvalue weighted by molar-refractivity contribution is 0.0592. The van der Waals surface area contributed by atoms with Crippen LogP contribution in [0.25, 0.3) is 0 Å². The maximum Gasteiger partial charge on any atom is 0.337 e. The van der Waals surface area contributed by atoms with E-state index in [4.69, 9.17) is 0 Å². The Balaban J connectivity index is 1.26. The standard InChI is InChI=1S/C34H38N4O8/c1-45-33(43)27-15-11-25(12-16-27)31(41)37-21-5-3-19-35-29(39)23-7-9-24(10-8-23)30(40)36-20-4-6-22-38-32(42)26-13-17-28(18-14-26)34(44)46-2/h7-18H,3-6,19-22H2,1-2H3,(H,35,39)(H,36,40)(H,37,41)(H,38,42). The van der Waals surface area contributed by atoms with Crippen LogP contribution in [0.2, 0.25) is 0 Å². The second-order valence-corrected chi connectivity index (χ2v) is 10.2. The highest BCUT2D eigenvalue weighted by Crippen LogP contribution is 2.08. The van der Waals surface area contributed by atoms with Gasteiger partial charge in [-0.25, -0.2) is 9.59 Å². The fraction of sp³-hybridized carbons (Fsp3) is 0.294. The molecule has 0 radical (unpaired) electrons. The van der Waals surface area contributed by atoms with E-state index in [1.54, 1.807) is 48.5 Å². The first-order valence-corrected chi connectivity index (χ1v) is 14.8. The van der Waals surface area contributed by atoms with Gasteiger partial charge < -0.3 is 30.7 Å². The van der Waals surface area contributed by atoms with Gasteiger partial charge in [0.2, 0.25) is 0 Å². The molecule has 0 aliphatic carbocycles. The molecule has 0 heterocycles. The molecule has 3 aromatic rings. The Morgan fingerprint density at radius 3 is 0.783 bits per heavy atom. The van der Waals surface area contributed by atoms with Gasteiger partial charge in [-0.05, 0) is 98.5 Å². The zero-order valence-electron chi connectivity index (χ0n) is 25.9. The highest BCUT2D eigenvalue weighted by atomic mass is 16.5. The van der Waals surface area contributed by atoms with Gasteiger partial charge in [-0.2, -0.15) is 0 Å². The van der Waals surface area contributed by atoms with E-state index in [-0.39, 0.29) is 23.6 Å². The van der Waals surface area contributed by atoms with E-state index in [1.807, 2.05) is 0 Å². The number of rotatable bonds is 16. The summed E-state index contributed by atoms with van der Waals surface area (Å²) in [5, 5.41) is 11.3. The Labute approximate surface area is 267 Å². The SMILES string of the molecule is COC(=O)c1ccc(C(=O)NCCCCNC(=O)c2ccc(C(=O)NCCCCNC(=O)c3ccc(C(=O)OC)cc3)cc2)cc1. The third-order valence-electron chi connectivity index (χ3n) is 6.89. The highest BCUT2D eigenvalue weighted by molar-refractivity contribution is 5.98. The molecule has 0 aliphatic rings. The number of carbonyl (C=O) groups is 6. The second kappa shape index (κ2) is 18.3. The Bertz CT molecular complexity index is 1390. The van der Waals surface area contributed by atoms with E-state index < -0.39 is 11.9 Å². The van der Waals surface area contributed by atoms with Crippen LogP contribution >= 0.6 is 0 Å². The van der Waals surface area contributed by atoms with Crippen LogP contribution in [-0.2, 0) is 9.47 Å². The minimum Gasteiger partial charge on any atom is -0.465 e. The first kappa shape index (κ1) is 35.0. The lowest BCUT2D eigenvalue weighted by Crippen LogP contribution is -2.28. The molecular weight excluding hydrogens is 592 g/mol. The molecule has 4 amide bonds. The smallest absolute Gasteiger partial charge is 0.337 e. The Kier molecular flexibility index (Phi) is 13.9. The van der Waals surface area contributed by atoms with Gasteiger partial charge in [0, 0.05) is 48.4 Å². The number of carbonyl (C=O) groups excluding carboxylic acids is 6. The molecule has 242 valence electrons. The molecule has 3 rings (SSSR count). The molecule has 4 N–H and O–H groups in total. The van der Waals surface area contributed by atoms with E-state index in [0.717, 1.165) is 0 Å². The number of amides is 4. The minimum atomic E-state index is -0.469. The first-order chi connectivity index (χ1) is 22.2. The predicted octanol–water partition coefficient (Wildman–Crippen LogP) is 3.14. The quantitative estimate of drug-likeness (QED) is 0.138. The van der Waals surface area contributed by atoms with Gasteiger partial charge in [-0.15, -0.1) is 0 Å². The summed E-state index contributed by atoms with van der Waals surface area (Å²) in [6, 6.07) is 18.7. The summed E-state index contributed by atoms with van der Waals surface area (Å²) >= 11 is 0. The van der Waals surface area contributed by atoms with Crippen molar-refractivity contribution >= 4 is 35.6 Å². The average molecular weight is 631 g/mol. The molecule has 0 saturated carbocycles. The number of methoxy groups -OCH3 is 2. The monoisotopic (exact) mass is 630 g/mol. The number of unbranched alkanes of at least 4 members (excludes halogenated alkanes) is 2. The molecule has 46 heavy (non-hydrogen) atoms. The van der Waals surface area contributed by atoms with Crippen molar-refractivity contribution in [3.8, 4) is 0 Å². The van der Waals surface area contributed by atoms with Crippen molar-refractivity contribution in [3.63, 3.8) is 0 Å². The number of hydrogen-bond acceptors (Lipinski definition) is 8. The second-order valence-electron chi connectivity index (χ2n) is 10.2. The van der Waals surface area contributed by atoms with Gasteiger partial charge in [0.25, 0.3) is 23.6 Å². The molecule has 0 spiro atoms. The lowest BCUT2D eigenvalue weighted by Gasteiger charge is -2.09. The third-order valence-corrected chi connectivity index (χ3v) is 6.89. The van der Waals surface area contributed by atoms with Crippen LogP contribution < -0.4 is 21.3 Å². The molecule has 0 unspecified atom stereocenters. The third kappa shape index (κ3) is 10.9. The fourth-order valence-electron chi connectivity index (χ4n) is 4.24. The van der Waals surface area contributed by atoms with Gasteiger partial charge >= 0.3 is 11.9 Å². The molecular formula is C34H38N4O8. The molecule has 0 bridgehead atoms. The van der Waals surface area contributed by atoms with E-state index in [2.05, 4.69) is 30.7 Å². The average Bonchev–Trinajstić information content (AvgIpc) is 3.10. The van der Waals surface area contributed by atoms with Crippen molar-refractivity contribution in [2.45, 2.75) is 25.7 Å². The minimum absolute atomic E-state index is 0.254. The van der Waals surface area contributed by atoms with Crippen LogP contribution in [0, 0.1) is 0 Å². The Morgan fingerprint density at radius 2 is 0.587 bits per heavy atom. The number of hydrogen-bond donors (Lipinski definition) is 4. The molecule has 3 aromatic carbocycles. The molecule has 0 aliphatic heterocycles. The van der Waals surface area contributed by atoms with Gasteiger partial charge in [0.15, 0.2) is 0 Å². The van der Waals surface area contributed by atoms with Crippen molar-refractivity contribution in [2.75, 3.05) is 40.4 Å². The number of nitrogens with one attached hydrogen (secondary N) is 4. The normalized spacial score (nSPS) is 10.3. The number of benzene rings is 3. The molecule has 12 nitrogen and oxygen atoms in total. The molecule has 0 saturated heterocycles. The zero-order valence-corrected chi connectivity index (χ0v) is 25.9. The van der Waals surface area contributed by atoms with E-state index in [0.29, 0.717) is 85.2 Å². The summed E-state index contributed by atoms with van der Waals surface area (Å²) in [4.78, 5) is 72.4. The van der Waals surface area contributed by atoms with Crippen molar-refractivity contribution in [3.05, 3.63) is 106 Å². The molecule has 12 heteroatoms. The van der Waals surface area contributed by atoms with Gasteiger partial charge in [-0.1, -0.05) is 0 Å². The number of ether oxygens (including phenoxy) is 2. The van der Waals surface area contributed by atoms with Gasteiger partial charge in [0.05, 0.1) is 25.3 Å². The van der Waals surface area contributed by atoms with Crippen molar-refractivity contribution in [2.24, 2.45) is 0 Å². The highest BCUT2D eigenvalue weighted by Gasteiger charge is 2.11. The van der Waals surface area contributed by atoms with Crippen LogP contribution in [0.1, 0.15) is 87.8 Å². The van der Waals surface area contributed by atoms with Crippen LogP contribution in [0.15, 0.2) is 72.8 Å². The summed E-state index contributed by atoms with van der Waals surface area (Å²) in [6.45, 7) is 1.71. The molecule has 0 fully saturated rings. The van der Waals surface area contributed by atoms with Crippen LogP contribution in [0.3, 0.4) is 0 Å². The topological polar surface area (TPSA) is 169 Å². The van der Waals surface area contributed by atoms with Crippen LogP contribution in [-0.4, -0.2) is 76.0 Å². The van der Waals surface area contributed by atoms with Crippen LogP contribution in [0.4, 0.5) is 0 Å². The summed E-state index contributed by atoms with van der Waals surface area (Å²) in [5.74, 6) is -1.97. The zero-order chi connectivity index (χ0) is 33.3. The van der Waals surface area contributed by atoms with E-state index in [1.165, 1.54) is 38.5 Å². The van der Waals surface area contributed by atoms with Crippen molar-refractivity contribution in [1.29, 1.82) is 0 Å². The van der Waals surface area contributed by atoms with Crippen LogP contribution in [0.5, 0.6) is 0 Å². The first-order valence-electron chi connectivity index (χ1n) is 14.8. The predicted molar refractivity (Wildman–Crippen MR) is 170 cm³/mol. The fourth-order valence-corrected chi connectivity index (χ4v) is 4.24. The van der Waals surface area contributed by atoms with E-state index in [9.17, 15) is 28.8 Å². The Morgan fingerprint density at radius 1 is 0.391 bits per heavy atom. The Hall–Kier alpha value is -5.52. The lowest BCUT2D eigenvalue weighted by atomic mass is 10.1. The maximum absolute atomic E-state index is 12.5. The maximum atomic E-state index is 12.5. The van der Waals surface area contributed by atoms with Crippen molar-refractivity contribution < 1.29 is 38.2 Å². The molecule has 0 aromatic heterocycles. The van der Waals surface area contributed by atoms with E-state index >= 15 is 0 Å². The van der Waals surface area contributed by atoms with Gasteiger partial charge in [-0.3, -0.25) is 19.2 Å². The van der Waals surface area contributed by atoms with Crippen molar-refractivity contribution in [1.82, 2.24) is 21.3 Å². The number of esters is 2. The van der Waals surface area contributed by atoms with Gasteiger partial charge in [0.1, 0.15) is 0 Å².